The molecule has 3 rings (SSSR count). The summed E-state index contributed by atoms with van der Waals surface area (Å²) in [4.78, 5) is 29.6. The minimum atomic E-state index is -3.65. The molecule has 0 fully saturated rings. The van der Waals surface area contributed by atoms with Gasteiger partial charge in [-0.05, 0) is 56.2 Å². The van der Waals surface area contributed by atoms with Crippen LogP contribution >= 0.6 is 19.4 Å². The van der Waals surface area contributed by atoms with Crippen LogP contribution < -0.4 is 10.7 Å². The van der Waals surface area contributed by atoms with E-state index in [9.17, 15) is 18.5 Å². The third kappa shape index (κ3) is 10.8. The summed E-state index contributed by atoms with van der Waals surface area (Å²) in [6, 6.07) is 13.1. The second kappa shape index (κ2) is 17.2. The standard InChI is InChI=1S/C29H37ClFN4O7P/c1-4-40-43(38,41-5-2)42-16-9-8-14-25(35(21(3)36)33-19-24-13-10-15-26(31)28(24)30)20-39-29(37)34-27-17-22-11-6-7-12-23(22)18-32-27/h6-7,10-13,15,17-18,25,33H,4-5,8-9,14,16,19-20H2,1-3H3,(H,32,34,37)/t25-/m0/s1. The second-order valence-electron chi connectivity index (χ2n) is 9.34. The first-order chi connectivity index (χ1) is 20.7. The lowest BCUT2D eigenvalue weighted by Crippen LogP contribution is -2.50. The van der Waals surface area contributed by atoms with E-state index >= 15 is 0 Å². The van der Waals surface area contributed by atoms with E-state index in [0.29, 0.717) is 30.6 Å². The molecule has 0 bridgehead atoms. The maximum Gasteiger partial charge on any atom is 0.474 e. The number of nitrogens with one attached hydrogen (secondary N) is 2. The fraction of sp³-hybridized carbons (Fsp3) is 0.414. The van der Waals surface area contributed by atoms with Crippen molar-refractivity contribution in [2.24, 2.45) is 0 Å². The van der Waals surface area contributed by atoms with E-state index in [2.05, 4.69) is 15.7 Å². The van der Waals surface area contributed by atoms with Gasteiger partial charge >= 0.3 is 13.9 Å². The van der Waals surface area contributed by atoms with Crippen LogP contribution in [-0.4, -0.2) is 54.5 Å². The molecule has 1 heterocycles. The van der Waals surface area contributed by atoms with E-state index in [-0.39, 0.29) is 43.9 Å². The summed E-state index contributed by atoms with van der Waals surface area (Å²) < 4.78 is 47.7. The molecule has 11 nitrogen and oxygen atoms in total. The molecule has 0 radical (unpaired) electrons. The third-order valence-electron chi connectivity index (χ3n) is 6.20. The molecule has 0 saturated carbocycles. The van der Waals surface area contributed by atoms with Gasteiger partial charge in [0.2, 0.25) is 5.91 Å². The van der Waals surface area contributed by atoms with Gasteiger partial charge in [0.1, 0.15) is 18.2 Å². The van der Waals surface area contributed by atoms with Gasteiger partial charge in [-0.2, -0.15) is 0 Å². The molecule has 14 heteroatoms. The fourth-order valence-corrected chi connectivity index (χ4v) is 5.59. The Hall–Kier alpha value is -3.12. The fourth-order valence-electron chi connectivity index (χ4n) is 4.19. The number of amides is 2. The van der Waals surface area contributed by atoms with Crippen molar-refractivity contribution in [1.29, 1.82) is 0 Å². The smallest absolute Gasteiger partial charge is 0.447 e. The lowest BCUT2D eigenvalue weighted by Gasteiger charge is -2.31. The average Bonchev–Trinajstić information content (AvgIpc) is 2.97. The van der Waals surface area contributed by atoms with Crippen molar-refractivity contribution in [3.8, 4) is 0 Å². The molecule has 2 amide bonds. The number of carbonyl (C=O) groups excluding carboxylic acids is 2. The summed E-state index contributed by atoms with van der Waals surface area (Å²) in [6.45, 7) is 5.04. The molecule has 2 N–H and O–H groups in total. The van der Waals surface area contributed by atoms with E-state index < -0.39 is 25.8 Å². The van der Waals surface area contributed by atoms with Crippen LogP contribution in [-0.2, 0) is 34.2 Å². The number of phosphoric acid groups is 1. The summed E-state index contributed by atoms with van der Waals surface area (Å²) in [5, 5.41) is 5.70. The van der Waals surface area contributed by atoms with E-state index in [0.717, 1.165) is 10.8 Å². The number of pyridine rings is 1. The highest BCUT2D eigenvalue weighted by Gasteiger charge is 2.26. The van der Waals surface area contributed by atoms with Crippen LogP contribution in [0.25, 0.3) is 10.8 Å². The molecule has 1 atom stereocenters. The Morgan fingerprint density at radius 3 is 2.47 bits per heavy atom. The SMILES string of the molecule is CCOP(=O)(OCC)OCCCC[C@@H](COC(=O)Nc1cc2ccccc2cn1)N(NCc1cccc(F)c1Cl)C(C)=O. The number of halogens is 2. The van der Waals surface area contributed by atoms with Gasteiger partial charge < -0.3 is 4.74 Å². The molecule has 0 aliphatic heterocycles. The van der Waals surface area contributed by atoms with Crippen molar-refractivity contribution in [2.45, 2.75) is 52.6 Å². The van der Waals surface area contributed by atoms with Crippen molar-refractivity contribution in [3.63, 3.8) is 0 Å². The van der Waals surface area contributed by atoms with Crippen LogP contribution in [0, 0.1) is 5.82 Å². The Morgan fingerprint density at radius 1 is 1.05 bits per heavy atom. The summed E-state index contributed by atoms with van der Waals surface area (Å²) in [7, 11) is -3.65. The van der Waals surface area contributed by atoms with E-state index in [4.69, 9.17) is 29.9 Å². The van der Waals surface area contributed by atoms with Crippen molar-refractivity contribution in [2.75, 3.05) is 31.7 Å². The van der Waals surface area contributed by atoms with Crippen LogP contribution in [0.15, 0.2) is 54.7 Å². The van der Waals surface area contributed by atoms with Crippen LogP contribution in [0.4, 0.5) is 15.0 Å². The Balaban J connectivity index is 1.65. The van der Waals surface area contributed by atoms with Gasteiger partial charge in [-0.1, -0.05) is 48.0 Å². The number of benzene rings is 2. The highest BCUT2D eigenvalue weighted by molar-refractivity contribution is 7.48. The maximum absolute atomic E-state index is 14.0. The number of hydrogen-bond acceptors (Lipinski definition) is 9. The Bertz CT molecular complexity index is 1410. The maximum atomic E-state index is 14.0. The summed E-state index contributed by atoms with van der Waals surface area (Å²) in [5.41, 5.74) is 3.44. The molecular weight excluding hydrogens is 602 g/mol. The Kier molecular flexibility index (Phi) is 13.8. The van der Waals surface area contributed by atoms with Gasteiger partial charge in [-0.25, -0.2) is 24.2 Å². The minimum absolute atomic E-state index is 0.0505. The van der Waals surface area contributed by atoms with Crippen LogP contribution in [0.5, 0.6) is 0 Å². The first-order valence-corrected chi connectivity index (χ1v) is 15.8. The number of phosphoric ester groups is 1. The molecule has 2 aromatic carbocycles. The molecule has 0 spiro atoms. The largest absolute Gasteiger partial charge is 0.474 e. The van der Waals surface area contributed by atoms with E-state index in [1.54, 1.807) is 32.2 Å². The summed E-state index contributed by atoms with van der Waals surface area (Å²) in [6.07, 6.45) is 2.23. The molecule has 0 aliphatic rings. The van der Waals surface area contributed by atoms with Crippen molar-refractivity contribution < 1.29 is 36.9 Å². The normalized spacial score (nSPS) is 12.2. The molecule has 0 unspecified atom stereocenters. The number of carbonyl (C=O) groups is 2. The van der Waals surface area contributed by atoms with Gasteiger partial charge in [0, 0.05) is 25.1 Å². The number of rotatable bonds is 17. The van der Waals surface area contributed by atoms with Gasteiger partial charge in [-0.3, -0.25) is 28.7 Å². The zero-order valence-electron chi connectivity index (χ0n) is 24.4. The monoisotopic (exact) mass is 638 g/mol. The molecule has 0 saturated heterocycles. The number of ether oxygens (including phenoxy) is 1. The molecule has 1 aromatic heterocycles. The number of fused-ring (bicyclic) bond motifs is 1. The summed E-state index contributed by atoms with van der Waals surface area (Å²) >= 11 is 6.09. The number of nitrogens with zero attached hydrogens (tertiary/aromatic N) is 2. The van der Waals surface area contributed by atoms with Crippen LogP contribution in [0.2, 0.25) is 5.02 Å². The lowest BCUT2D eigenvalue weighted by molar-refractivity contribution is -0.136. The topological polar surface area (TPSA) is 128 Å². The van der Waals surface area contributed by atoms with Crippen molar-refractivity contribution in [3.05, 3.63) is 71.1 Å². The lowest BCUT2D eigenvalue weighted by atomic mass is 10.1. The molecular formula is C29H37ClFN4O7P. The Labute approximate surface area is 255 Å². The third-order valence-corrected chi connectivity index (χ3v) is 8.27. The number of hydrogen-bond donors (Lipinski definition) is 2. The van der Waals surface area contributed by atoms with Gasteiger partial charge in [0.05, 0.1) is 30.9 Å². The first-order valence-electron chi connectivity index (χ1n) is 13.9. The van der Waals surface area contributed by atoms with Crippen LogP contribution in [0.1, 0.15) is 45.6 Å². The number of hydrazine groups is 1. The predicted octanol–water partition coefficient (Wildman–Crippen LogP) is 6.87. The molecule has 3 aromatic rings. The summed E-state index contributed by atoms with van der Waals surface area (Å²) in [5.74, 6) is -0.621. The zero-order valence-corrected chi connectivity index (χ0v) is 26.0. The molecule has 234 valence electrons. The van der Waals surface area contributed by atoms with Crippen molar-refractivity contribution in [1.82, 2.24) is 15.4 Å². The van der Waals surface area contributed by atoms with E-state index in [1.807, 2.05) is 24.3 Å². The minimum Gasteiger partial charge on any atom is -0.447 e. The quantitative estimate of drug-likeness (QED) is 0.0925. The number of anilines is 1. The predicted molar refractivity (Wildman–Crippen MR) is 162 cm³/mol. The Morgan fingerprint density at radius 2 is 1.77 bits per heavy atom. The van der Waals surface area contributed by atoms with Gasteiger partial charge in [-0.15, -0.1) is 0 Å². The van der Waals surface area contributed by atoms with Gasteiger partial charge in [0.25, 0.3) is 0 Å². The molecule has 43 heavy (non-hydrogen) atoms. The zero-order chi connectivity index (χ0) is 31.2. The van der Waals surface area contributed by atoms with Crippen molar-refractivity contribution >= 4 is 48.0 Å². The highest BCUT2D eigenvalue weighted by atomic mass is 35.5. The first kappa shape index (κ1) is 34.4. The van der Waals surface area contributed by atoms with E-state index in [1.165, 1.54) is 24.1 Å². The van der Waals surface area contributed by atoms with Gasteiger partial charge in [0.15, 0.2) is 0 Å². The molecule has 0 aliphatic carbocycles. The average molecular weight is 639 g/mol. The van der Waals surface area contributed by atoms with Crippen LogP contribution in [0.3, 0.4) is 0 Å². The number of unbranched alkanes of at least 4 members (excludes halogenated alkanes) is 1. The highest BCUT2D eigenvalue weighted by Crippen LogP contribution is 2.49. The second-order valence-corrected chi connectivity index (χ2v) is 11.4. The number of aromatic nitrogens is 1.